The van der Waals surface area contributed by atoms with Crippen molar-refractivity contribution in [2.75, 3.05) is 19.7 Å². The van der Waals surface area contributed by atoms with E-state index in [1.165, 1.54) is 21.0 Å². The van der Waals surface area contributed by atoms with Gasteiger partial charge >= 0.3 is 0 Å². The highest BCUT2D eigenvalue weighted by Gasteiger charge is 2.28. The van der Waals surface area contributed by atoms with Crippen LogP contribution in [-0.2, 0) is 21.3 Å². The van der Waals surface area contributed by atoms with Crippen LogP contribution in [-0.4, -0.2) is 48.2 Å². The Bertz CT molecular complexity index is 1270. The fourth-order valence-corrected chi connectivity index (χ4v) is 6.23. The van der Waals surface area contributed by atoms with Crippen LogP contribution in [0.3, 0.4) is 0 Å². The molecule has 0 amide bonds. The van der Waals surface area contributed by atoms with Crippen molar-refractivity contribution in [3.05, 3.63) is 45.7 Å². The van der Waals surface area contributed by atoms with Crippen LogP contribution in [0, 0.1) is 19.8 Å². The van der Waals surface area contributed by atoms with Gasteiger partial charge in [0.15, 0.2) is 11.6 Å². The van der Waals surface area contributed by atoms with E-state index in [9.17, 15) is 18.3 Å². The molecule has 0 radical (unpaired) electrons. The summed E-state index contributed by atoms with van der Waals surface area (Å²) in [7, 11) is -3.67. The van der Waals surface area contributed by atoms with Gasteiger partial charge in [0.05, 0.1) is 16.7 Å². The Balaban J connectivity index is 1.84. The number of hydrogen-bond donors (Lipinski definition) is 1. The van der Waals surface area contributed by atoms with E-state index >= 15 is 0 Å². The van der Waals surface area contributed by atoms with Gasteiger partial charge in [-0.3, -0.25) is 9.36 Å². The van der Waals surface area contributed by atoms with Crippen LogP contribution in [0.15, 0.2) is 44.2 Å². The van der Waals surface area contributed by atoms with Gasteiger partial charge in [-0.2, -0.15) is 9.42 Å². The van der Waals surface area contributed by atoms with Gasteiger partial charge in [-0.05, 0) is 68.9 Å². The number of pyridine rings is 1. The molecule has 1 fully saturated rings. The zero-order valence-corrected chi connectivity index (χ0v) is 24.1. The monoisotopic (exact) mass is 546 g/mol. The fourth-order valence-electron chi connectivity index (χ4n) is 4.75. The second-order valence-electron chi connectivity index (χ2n) is 10.0. The van der Waals surface area contributed by atoms with Crippen molar-refractivity contribution < 1.29 is 18.3 Å². The van der Waals surface area contributed by atoms with Gasteiger partial charge in [0, 0.05) is 31.8 Å². The first-order chi connectivity index (χ1) is 18.1. The van der Waals surface area contributed by atoms with E-state index in [1.54, 1.807) is 26.0 Å². The number of ether oxygens (including phenoxy) is 1. The van der Waals surface area contributed by atoms with Gasteiger partial charge in [-0.1, -0.05) is 40.0 Å². The van der Waals surface area contributed by atoms with Crippen molar-refractivity contribution in [2.24, 2.45) is 16.1 Å². The Morgan fingerprint density at radius 2 is 1.84 bits per heavy atom. The van der Waals surface area contributed by atoms with Gasteiger partial charge in [-0.15, -0.1) is 5.11 Å². The molecule has 2 unspecified atom stereocenters. The molecule has 0 spiro atoms. The summed E-state index contributed by atoms with van der Waals surface area (Å²) in [6, 6.07) is 6.17. The lowest BCUT2D eigenvalue weighted by molar-refractivity contribution is 0.0947. The molecule has 1 N–H and O–H groups in total. The molecule has 1 aromatic carbocycles. The van der Waals surface area contributed by atoms with Crippen molar-refractivity contribution in [2.45, 2.75) is 90.7 Å². The molecule has 1 aliphatic heterocycles. The Labute approximate surface area is 226 Å². The summed E-state index contributed by atoms with van der Waals surface area (Å²) in [6.07, 6.45) is 5.79. The highest BCUT2D eigenvalue weighted by molar-refractivity contribution is 7.89. The van der Waals surface area contributed by atoms with E-state index in [0.29, 0.717) is 43.1 Å². The second-order valence-corrected chi connectivity index (χ2v) is 12.0. The van der Waals surface area contributed by atoms with E-state index in [2.05, 4.69) is 24.1 Å². The minimum absolute atomic E-state index is 0.0283. The van der Waals surface area contributed by atoms with Crippen molar-refractivity contribution in [1.29, 1.82) is 0 Å². The smallest absolute Gasteiger partial charge is 0.281 e. The third-order valence-corrected chi connectivity index (χ3v) is 9.42. The number of hydrogen-bond acceptors (Lipinski definition) is 7. The molecule has 1 saturated heterocycles. The lowest BCUT2D eigenvalue weighted by Crippen LogP contribution is -2.37. The minimum Gasteiger partial charge on any atom is -0.494 e. The van der Waals surface area contributed by atoms with E-state index in [4.69, 9.17) is 4.74 Å². The maximum Gasteiger partial charge on any atom is 0.281 e. The zero-order chi connectivity index (χ0) is 27.9. The first-order valence-corrected chi connectivity index (χ1v) is 15.1. The van der Waals surface area contributed by atoms with E-state index < -0.39 is 10.0 Å². The van der Waals surface area contributed by atoms with E-state index in [-0.39, 0.29) is 34.0 Å². The summed E-state index contributed by atoms with van der Waals surface area (Å²) >= 11 is 0. The third kappa shape index (κ3) is 6.90. The molecule has 38 heavy (non-hydrogen) atoms. The van der Waals surface area contributed by atoms with Crippen molar-refractivity contribution in [3.63, 3.8) is 0 Å². The number of nitrogens with zero attached hydrogens (tertiary/aromatic N) is 4. The number of likely N-dealkylation sites (N-methyl/N-ethyl adjacent to an activating group) is 1. The second kappa shape index (κ2) is 13.5. The van der Waals surface area contributed by atoms with Crippen LogP contribution >= 0.6 is 0 Å². The predicted octanol–water partition coefficient (Wildman–Crippen LogP) is 5.99. The summed E-state index contributed by atoms with van der Waals surface area (Å²) in [5.74, 6) is 0.252. The van der Waals surface area contributed by atoms with Crippen LogP contribution in [0.4, 0.5) is 11.4 Å². The van der Waals surface area contributed by atoms with E-state index in [0.717, 1.165) is 38.5 Å². The zero-order valence-electron chi connectivity index (χ0n) is 23.3. The summed E-state index contributed by atoms with van der Waals surface area (Å²) in [4.78, 5) is 13.5. The third-order valence-electron chi connectivity index (χ3n) is 7.46. The quantitative estimate of drug-likeness (QED) is 0.310. The first-order valence-electron chi connectivity index (χ1n) is 13.7. The topological polar surface area (TPSA) is 114 Å². The molecule has 0 aliphatic carbocycles. The number of aromatic nitrogens is 1. The Hall–Kier alpha value is -2.56. The molecule has 10 heteroatoms. The molecule has 1 aromatic heterocycles. The molecule has 0 saturated carbocycles. The van der Waals surface area contributed by atoms with E-state index in [1.807, 2.05) is 6.92 Å². The molecular formula is C28H42N4O5S. The number of benzene rings is 1. The number of azo groups is 1. The van der Waals surface area contributed by atoms with Gasteiger partial charge < -0.3 is 9.84 Å². The molecule has 3 rings (SSSR count). The maximum atomic E-state index is 13.3. The highest BCUT2D eigenvalue weighted by Crippen LogP contribution is 2.29. The summed E-state index contributed by atoms with van der Waals surface area (Å²) in [6.45, 7) is 11.3. The van der Waals surface area contributed by atoms with Gasteiger partial charge in [0.2, 0.25) is 10.0 Å². The maximum absolute atomic E-state index is 13.3. The molecule has 2 aromatic rings. The van der Waals surface area contributed by atoms with Crippen LogP contribution < -0.4 is 5.56 Å². The average Bonchev–Trinajstić information content (AvgIpc) is 3.44. The standard InChI is InChI=1S/C28H42N4O5S/c1-6-9-11-22(7-2)18-32-27(33)21(5)20(4)26(28(32)34)30-29-23-13-15-25(16-14-23)38(35,36)31(8-3)19-24-12-10-17-37-24/h13-16,22,24,33H,6-12,17-19H2,1-5H3. The molecule has 2 atom stereocenters. The SMILES string of the molecule is CCCCC(CC)Cn1c(O)c(C)c(C)c(N=Nc2ccc(S(=O)(=O)N(CC)CC3CCCO3)cc2)c1=O. The van der Waals surface area contributed by atoms with Crippen LogP contribution in [0.25, 0.3) is 0 Å². The largest absolute Gasteiger partial charge is 0.494 e. The first kappa shape index (κ1) is 30.0. The lowest BCUT2D eigenvalue weighted by Gasteiger charge is -2.23. The van der Waals surface area contributed by atoms with Crippen LogP contribution in [0.5, 0.6) is 5.88 Å². The van der Waals surface area contributed by atoms with Gasteiger partial charge in [0.1, 0.15) is 0 Å². The van der Waals surface area contributed by atoms with Crippen LogP contribution in [0.2, 0.25) is 0 Å². The normalized spacial score (nSPS) is 17.1. The summed E-state index contributed by atoms with van der Waals surface area (Å²) in [5.41, 5.74) is 1.39. The molecule has 2 heterocycles. The molecule has 1 aliphatic rings. The van der Waals surface area contributed by atoms with Crippen LogP contribution in [0.1, 0.15) is 70.4 Å². The molecule has 0 bridgehead atoms. The molecule has 210 valence electrons. The Morgan fingerprint density at radius 1 is 1.13 bits per heavy atom. The average molecular weight is 547 g/mol. The predicted molar refractivity (Wildman–Crippen MR) is 149 cm³/mol. The lowest BCUT2D eigenvalue weighted by atomic mass is 9.99. The Morgan fingerprint density at radius 3 is 2.42 bits per heavy atom. The van der Waals surface area contributed by atoms with Gasteiger partial charge in [-0.25, -0.2) is 8.42 Å². The summed E-state index contributed by atoms with van der Waals surface area (Å²) in [5, 5.41) is 19.2. The Kier molecular flexibility index (Phi) is 10.6. The number of unbranched alkanes of at least 4 members (excludes halogenated alkanes) is 1. The highest BCUT2D eigenvalue weighted by atomic mass is 32.2. The van der Waals surface area contributed by atoms with Crippen molar-refractivity contribution >= 4 is 21.4 Å². The van der Waals surface area contributed by atoms with Gasteiger partial charge in [0.25, 0.3) is 5.56 Å². The minimum atomic E-state index is -3.67. The molecule has 9 nitrogen and oxygen atoms in total. The van der Waals surface area contributed by atoms with Crippen molar-refractivity contribution in [3.8, 4) is 5.88 Å². The summed E-state index contributed by atoms with van der Waals surface area (Å²) < 4.78 is 34.8. The van der Waals surface area contributed by atoms with Crippen molar-refractivity contribution in [1.82, 2.24) is 8.87 Å². The molecular weight excluding hydrogens is 504 g/mol. The number of aromatic hydroxyl groups is 1. The fraction of sp³-hybridized carbons (Fsp3) is 0.607. The number of sulfonamides is 1. The number of rotatable bonds is 13.